The van der Waals surface area contributed by atoms with Crippen LogP contribution in [-0.4, -0.2) is 30.4 Å². The Bertz CT molecular complexity index is 457. The first-order chi connectivity index (χ1) is 8.96. The maximum atomic E-state index is 11.5. The van der Waals surface area contributed by atoms with Gasteiger partial charge < -0.3 is 11.5 Å². The number of hydrogen-bond donors (Lipinski definition) is 2. The van der Waals surface area contributed by atoms with Crippen LogP contribution in [0.25, 0.3) is 0 Å². The van der Waals surface area contributed by atoms with Gasteiger partial charge in [0.25, 0.3) is 0 Å². The van der Waals surface area contributed by atoms with Gasteiger partial charge in [0.15, 0.2) is 0 Å². The predicted molar refractivity (Wildman–Crippen MR) is 76.5 cm³/mol. The number of aryl methyl sites for hydroxylation is 1. The van der Waals surface area contributed by atoms with Crippen molar-refractivity contribution >= 4 is 5.91 Å². The molecule has 0 radical (unpaired) electrons. The Morgan fingerprint density at radius 3 is 2.53 bits per heavy atom. The number of rotatable bonds is 4. The van der Waals surface area contributed by atoms with Crippen molar-refractivity contribution in [3.63, 3.8) is 0 Å². The number of carbonyl (C=O) groups is 1. The second-order valence-electron chi connectivity index (χ2n) is 5.81. The van der Waals surface area contributed by atoms with Crippen LogP contribution in [0.2, 0.25) is 0 Å². The highest BCUT2D eigenvalue weighted by atomic mass is 16.1. The minimum absolute atomic E-state index is 0.168. The van der Waals surface area contributed by atoms with Gasteiger partial charge in [-0.25, -0.2) is 0 Å². The van der Waals surface area contributed by atoms with E-state index in [4.69, 9.17) is 11.5 Å². The van der Waals surface area contributed by atoms with E-state index in [-0.39, 0.29) is 11.9 Å². The lowest BCUT2D eigenvalue weighted by atomic mass is 9.89. The van der Waals surface area contributed by atoms with Gasteiger partial charge in [-0.2, -0.15) is 0 Å². The van der Waals surface area contributed by atoms with E-state index in [2.05, 4.69) is 36.1 Å². The SMILES string of the molecule is Cc1ccc(C(CN)N2CCC(C)(C(N)=O)C2)cc1. The summed E-state index contributed by atoms with van der Waals surface area (Å²) < 4.78 is 0. The molecule has 0 saturated carbocycles. The lowest BCUT2D eigenvalue weighted by Crippen LogP contribution is -2.39. The van der Waals surface area contributed by atoms with Crippen molar-refractivity contribution in [1.29, 1.82) is 0 Å². The van der Waals surface area contributed by atoms with Crippen LogP contribution < -0.4 is 11.5 Å². The molecule has 1 aliphatic heterocycles. The number of hydrogen-bond acceptors (Lipinski definition) is 3. The third kappa shape index (κ3) is 2.80. The van der Waals surface area contributed by atoms with Crippen molar-refractivity contribution in [2.45, 2.75) is 26.3 Å². The summed E-state index contributed by atoms with van der Waals surface area (Å²) in [7, 11) is 0. The van der Waals surface area contributed by atoms with E-state index in [1.165, 1.54) is 11.1 Å². The molecule has 1 aromatic carbocycles. The molecule has 1 saturated heterocycles. The number of carbonyl (C=O) groups excluding carboxylic acids is 1. The van der Waals surface area contributed by atoms with Gasteiger partial charge in [0.2, 0.25) is 5.91 Å². The zero-order chi connectivity index (χ0) is 14.0. The summed E-state index contributed by atoms with van der Waals surface area (Å²) in [6, 6.07) is 8.60. The number of nitrogens with two attached hydrogens (primary N) is 2. The second kappa shape index (κ2) is 5.31. The first-order valence-corrected chi connectivity index (χ1v) is 6.77. The van der Waals surface area contributed by atoms with Crippen molar-refractivity contribution in [2.24, 2.45) is 16.9 Å². The molecule has 1 amide bonds. The van der Waals surface area contributed by atoms with E-state index in [9.17, 15) is 4.79 Å². The Balaban J connectivity index is 2.16. The minimum atomic E-state index is -0.419. The molecule has 1 fully saturated rings. The number of likely N-dealkylation sites (tertiary alicyclic amines) is 1. The van der Waals surface area contributed by atoms with Gasteiger partial charge in [-0.3, -0.25) is 9.69 Å². The molecule has 4 nitrogen and oxygen atoms in total. The fraction of sp³-hybridized carbons (Fsp3) is 0.533. The first kappa shape index (κ1) is 14.0. The fourth-order valence-electron chi connectivity index (χ4n) is 2.75. The molecule has 2 atom stereocenters. The molecular formula is C15H23N3O. The lowest BCUT2D eigenvalue weighted by molar-refractivity contribution is -0.126. The average Bonchev–Trinajstić information content (AvgIpc) is 2.77. The van der Waals surface area contributed by atoms with Gasteiger partial charge in [0.05, 0.1) is 5.41 Å². The lowest BCUT2D eigenvalue weighted by Gasteiger charge is -2.28. The summed E-state index contributed by atoms with van der Waals surface area (Å²) in [5, 5.41) is 0. The molecule has 2 unspecified atom stereocenters. The van der Waals surface area contributed by atoms with Gasteiger partial charge >= 0.3 is 0 Å². The maximum Gasteiger partial charge on any atom is 0.224 e. The van der Waals surface area contributed by atoms with Gasteiger partial charge in [-0.05, 0) is 32.4 Å². The summed E-state index contributed by atoms with van der Waals surface area (Å²) in [6.45, 7) is 6.13. The normalized spacial score (nSPS) is 25.4. The van der Waals surface area contributed by atoms with Crippen LogP contribution >= 0.6 is 0 Å². The standard InChI is InChI=1S/C15H23N3O/c1-11-3-5-12(6-4-11)13(9-16)18-8-7-15(2,10-18)14(17)19/h3-6,13H,7-10,16H2,1-2H3,(H2,17,19). The molecule has 4 heteroatoms. The van der Waals surface area contributed by atoms with Crippen LogP contribution in [0, 0.1) is 12.3 Å². The molecule has 1 aliphatic rings. The highest BCUT2D eigenvalue weighted by molar-refractivity contribution is 5.81. The largest absolute Gasteiger partial charge is 0.369 e. The van der Waals surface area contributed by atoms with Crippen molar-refractivity contribution in [3.8, 4) is 0 Å². The molecule has 0 aromatic heterocycles. The molecule has 2 rings (SSSR count). The summed E-state index contributed by atoms with van der Waals surface area (Å²) in [5.74, 6) is -0.213. The third-order valence-corrected chi connectivity index (χ3v) is 4.22. The number of primary amides is 1. The number of amides is 1. The molecule has 1 heterocycles. The van der Waals surface area contributed by atoms with Crippen LogP contribution in [0.4, 0.5) is 0 Å². The first-order valence-electron chi connectivity index (χ1n) is 6.77. The predicted octanol–water partition coefficient (Wildman–Crippen LogP) is 1.19. The maximum absolute atomic E-state index is 11.5. The van der Waals surface area contributed by atoms with Crippen molar-refractivity contribution in [2.75, 3.05) is 19.6 Å². The van der Waals surface area contributed by atoms with E-state index >= 15 is 0 Å². The van der Waals surface area contributed by atoms with Crippen LogP contribution in [0.15, 0.2) is 24.3 Å². The van der Waals surface area contributed by atoms with Crippen molar-refractivity contribution < 1.29 is 4.79 Å². The molecule has 0 bridgehead atoms. The van der Waals surface area contributed by atoms with E-state index in [1.807, 2.05) is 6.92 Å². The number of benzene rings is 1. The summed E-state index contributed by atoms with van der Waals surface area (Å²) in [4.78, 5) is 13.8. The Morgan fingerprint density at radius 1 is 1.42 bits per heavy atom. The molecule has 0 aliphatic carbocycles. The quantitative estimate of drug-likeness (QED) is 0.855. The molecule has 19 heavy (non-hydrogen) atoms. The minimum Gasteiger partial charge on any atom is -0.369 e. The van der Waals surface area contributed by atoms with E-state index < -0.39 is 5.41 Å². The summed E-state index contributed by atoms with van der Waals surface area (Å²) in [6.07, 6.45) is 0.810. The second-order valence-corrected chi connectivity index (χ2v) is 5.81. The van der Waals surface area contributed by atoms with E-state index in [1.54, 1.807) is 0 Å². The number of nitrogens with zero attached hydrogens (tertiary/aromatic N) is 1. The third-order valence-electron chi connectivity index (χ3n) is 4.22. The zero-order valence-electron chi connectivity index (χ0n) is 11.7. The van der Waals surface area contributed by atoms with Gasteiger partial charge in [-0.15, -0.1) is 0 Å². The summed E-state index contributed by atoms with van der Waals surface area (Å²) in [5.41, 5.74) is 13.5. The van der Waals surface area contributed by atoms with Gasteiger partial charge in [-0.1, -0.05) is 29.8 Å². The molecule has 0 spiro atoms. The Labute approximate surface area is 114 Å². The Hall–Kier alpha value is -1.39. The van der Waals surface area contributed by atoms with Crippen molar-refractivity contribution in [3.05, 3.63) is 35.4 Å². The Morgan fingerprint density at radius 2 is 2.05 bits per heavy atom. The topological polar surface area (TPSA) is 72.3 Å². The van der Waals surface area contributed by atoms with Crippen LogP contribution in [-0.2, 0) is 4.79 Å². The fourth-order valence-corrected chi connectivity index (χ4v) is 2.75. The van der Waals surface area contributed by atoms with E-state index in [0.29, 0.717) is 13.1 Å². The molecular weight excluding hydrogens is 238 g/mol. The van der Waals surface area contributed by atoms with Crippen LogP contribution in [0.3, 0.4) is 0 Å². The van der Waals surface area contributed by atoms with Crippen molar-refractivity contribution in [1.82, 2.24) is 4.90 Å². The van der Waals surface area contributed by atoms with Crippen LogP contribution in [0.1, 0.15) is 30.5 Å². The van der Waals surface area contributed by atoms with Crippen LogP contribution in [0.5, 0.6) is 0 Å². The average molecular weight is 261 g/mol. The highest BCUT2D eigenvalue weighted by Gasteiger charge is 2.41. The van der Waals surface area contributed by atoms with Gasteiger partial charge in [0.1, 0.15) is 0 Å². The molecule has 104 valence electrons. The monoisotopic (exact) mass is 261 g/mol. The summed E-state index contributed by atoms with van der Waals surface area (Å²) >= 11 is 0. The highest BCUT2D eigenvalue weighted by Crippen LogP contribution is 2.34. The molecule has 1 aromatic rings. The zero-order valence-corrected chi connectivity index (χ0v) is 11.7. The smallest absolute Gasteiger partial charge is 0.224 e. The molecule has 4 N–H and O–H groups in total. The Kier molecular flexibility index (Phi) is 3.92. The van der Waals surface area contributed by atoms with E-state index in [0.717, 1.165) is 13.0 Å². The van der Waals surface area contributed by atoms with Gasteiger partial charge in [0, 0.05) is 19.1 Å².